The maximum absolute atomic E-state index is 6.02. The number of hydrogen-bond acceptors (Lipinski definition) is 4. The molecule has 1 fully saturated rings. The highest BCUT2D eigenvalue weighted by Gasteiger charge is 2.19. The lowest BCUT2D eigenvalue weighted by molar-refractivity contribution is 0.182. The summed E-state index contributed by atoms with van der Waals surface area (Å²) in [6.45, 7) is 4.14. The second-order valence-electron chi connectivity index (χ2n) is 6.38. The smallest absolute Gasteiger partial charge is 0.193 e. The number of nitrogens with two attached hydrogens (primary N) is 1. The Morgan fingerprint density at radius 2 is 2.16 bits per heavy atom. The quantitative estimate of drug-likeness (QED) is 0.614. The van der Waals surface area contributed by atoms with Crippen molar-refractivity contribution in [1.82, 2.24) is 4.90 Å². The number of piperidine rings is 1. The number of hydrogen-bond donors (Lipinski definition) is 2. The van der Waals surface area contributed by atoms with Crippen LogP contribution in [0.1, 0.15) is 17.7 Å². The number of methoxy groups -OCH3 is 1. The van der Waals surface area contributed by atoms with Gasteiger partial charge in [-0.25, -0.2) is 0 Å². The highest BCUT2D eigenvalue weighted by atomic mass is 32.1. The average Bonchev–Trinajstić information content (AvgIpc) is 3.14. The van der Waals surface area contributed by atoms with Crippen LogP contribution in [0.15, 0.2) is 46.8 Å². The van der Waals surface area contributed by atoms with Gasteiger partial charge in [0, 0.05) is 29.7 Å². The average molecular weight is 359 g/mol. The van der Waals surface area contributed by atoms with E-state index >= 15 is 0 Å². The van der Waals surface area contributed by atoms with Crippen molar-refractivity contribution in [3.05, 3.63) is 46.7 Å². The van der Waals surface area contributed by atoms with E-state index in [0.717, 1.165) is 37.6 Å². The first kappa shape index (κ1) is 17.8. The fourth-order valence-corrected chi connectivity index (χ4v) is 3.81. The van der Waals surface area contributed by atoms with Gasteiger partial charge in [0.05, 0.1) is 7.11 Å². The second kappa shape index (κ2) is 8.87. The first-order valence-corrected chi connectivity index (χ1v) is 9.56. The van der Waals surface area contributed by atoms with Gasteiger partial charge in [-0.1, -0.05) is 12.1 Å². The van der Waals surface area contributed by atoms with Crippen molar-refractivity contribution in [2.75, 3.05) is 32.1 Å². The van der Waals surface area contributed by atoms with Gasteiger partial charge in [0.1, 0.15) is 5.75 Å². The largest absolute Gasteiger partial charge is 0.497 e. The Labute approximate surface area is 153 Å². The van der Waals surface area contributed by atoms with Gasteiger partial charge in [0.25, 0.3) is 0 Å². The van der Waals surface area contributed by atoms with E-state index in [1.165, 1.54) is 17.7 Å². The van der Waals surface area contributed by atoms with Crippen LogP contribution in [0.2, 0.25) is 0 Å². The number of nitrogens with zero attached hydrogens (tertiary/aromatic N) is 2. The molecule has 1 saturated heterocycles. The Balaban J connectivity index is 1.42. The van der Waals surface area contributed by atoms with Crippen molar-refractivity contribution in [1.29, 1.82) is 0 Å². The number of thiophene rings is 1. The normalized spacial score (nSPS) is 16.8. The molecule has 0 atom stereocenters. The molecule has 0 spiro atoms. The number of rotatable bonds is 6. The lowest BCUT2D eigenvalue weighted by Gasteiger charge is -2.30. The van der Waals surface area contributed by atoms with E-state index in [9.17, 15) is 0 Å². The summed E-state index contributed by atoms with van der Waals surface area (Å²) >= 11 is 1.84. The SMILES string of the molecule is COc1cccc(NC(N)=NCC2CCN(Cc3cccs3)CC2)c1. The van der Waals surface area contributed by atoms with Gasteiger partial charge in [-0.2, -0.15) is 0 Å². The Kier molecular flexibility index (Phi) is 6.30. The molecule has 2 aromatic rings. The van der Waals surface area contributed by atoms with Gasteiger partial charge in [-0.15, -0.1) is 11.3 Å². The molecule has 1 aliphatic rings. The van der Waals surface area contributed by atoms with Crippen LogP contribution in [0.3, 0.4) is 0 Å². The third-order valence-corrected chi connectivity index (χ3v) is 5.39. The van der Waals surface area contributed by atoms with Crippen molar-refractivity contribution in [2.45, 2.75) is 19.4 Å². The number of ether oxygens (including phenoxy) is 1. The van der Waals surface area contributed by atoms with Gasteiger partial charge in [0.2, 0.25) is 0 Å². The predicted octanol–water partition coefficient (Wildman–Crippen LogP) is 3.40. The third kappa shape index (κ3) is 5.47. The fraction of sp³-hybridized carbons (Fsp3) is 0.421. The van der Waals surface area contributed by atoms with Crippen molar-refractivity contribution in [2.24, 2.45) is 16.6 Å². The van der Waals surface area contributed by atoms with E-state index in [1.807, 2.05) is 35.6 Å². The summed E-state index contributed by atoms with van der Waals surface area (Å²) in [7, 11) is 1.65. The summed E-state index contributed by atoms with van der Waals surface area (Å²) in [6, 6.07) is 12.0. The van der Waals surface area contributed by atoms with E-state index < -0.39 is 0 Å². The topological polar surface area (TPSA) is 62.9 Å². The maximum atomic E-state index is 6.02. The van der Waals surface area contributed by atoms with E-state index in [4.69, 9.17) is 10.5 Å². The van der Waals surface area contributed by atoms with Crippen LogP contribution >= 0.6 is 11.3 Å². The van der Waals surface area contributed by atoms with Crippen LogP contribution in [-0.2, 0) is 6.54 Å². The van der Waals surface area contributed by atoms with Crippen LogP contribution < -0.4 is 15.8 Å². The molecule has 0 unspecified atom stereocenters. The minimum Gasteiger partial charge on any atom is -0.497 e. The van der Waals surface area contributed by atoms with Crippen LogP contribution in [0.25, 0.3) is 0 Å². The van der Waals surface area contributed by atoms with Crippen molar-refractivity contribution >= 4 is 23.0 Å². The number of guanidine groups is 1. The van der Waals surface area contributed by atoms with Crippen LogP contribution in [-0.4, -0.2) is 37.6 Å². The molecule has 1 aromatic carbocycles. The molecule has 0 saturated carbocycles. The molecule has 2 heterocycles. The molecule has 3 N–H and O–H groups in total. The summed E-state index contributed by atoms with van der Waals surface area (Å²) in [5.41, 5.74) is 6.92. The van der Waals surface area contributed by atoms with Gasteiger partial charge >= 0.3 is 0 Å². The van der Waals surface area contributed by atoms with Crippen LogP contribution in [0.4, 0.5) is 5.69 Å². The zero-order valence-electron chi connectivity index (χ0n) is 14.6. The molecule has 5 nitrogen and oxygen atoms in total. The molecule has 1 aromatic heterocycles. The number of likely N-dealkylation sites (tertiary alicyclic amines) is 1. The first-order valence-electron chi connectivity index (χ1n) is 8.68. The number of aliphatic imine (C=N–C) groups is 1. The number of anilines is 1. The van der Waals surface area contributed by atoms with E-state index in [2.05, 4.69) is 32.7 Å². The van der Waals surface area contributed by atoms with Gasteiger partial charge in [-0.3, -0.25) is 9.89 Å². The van der Waals surface area contributed by atoms with E-state index in [0.29, 0.717) is 11.9 Å². The Bertz CT molecular complexity index is 678. The molecule has 6 heteroatoms. The summed E-state index contributed by atoms with van der Waals surface area (Å²) in [6.07, 6.45) is 2.36. The second-order valence-corrected chi connectivity index (χ2v) is 7.41. The van der Waals surface area contributed by atoms with E-state index in [1.54, 1.807) is 7.11 Å². The third-order valence-electron chi connectivity index (χ3n) is 4.53. The summed E-state index contributed by atoms with van der Waals surface area (Å²) in [4.78, 5) is 8.50. The molecule has 25 heavy (non-hydrogen) atoms. The number of nitrogens with one attached hydrogen (secondary N) is 1. The zero-order chi connectivity index (χ0) is 17.5. The minimum atomic E-state index is 0.467. The summed E-state index contributed by atoms with van der Waals surface area (Å²) < 4.78 is 5.21. The summed E-state index contributed by atoms with van der Waals surface area (Å²) in [5, 5.41) is 5.28. The molecular weight excluding hydrogens is 332 g/mol. The predicted molar refractivity (Wildman–Crippen MR) is 105 cm³/mol. The molecular formula is C19H26N4OS. The Morgan fingerprint density at radius 1 is 1.32 bits per heavy atom. The monoisotopic (exact) mass is 358 g/mol. The van der Waals surface area contributed by atoms with Crippen LogP contribution in [0.5, 0.6) is 5.75 Å². The van der Waals surface area contributed by atoms with Crippen LogP contribution in [0, 0.1) is 5.92 Å². The zero-order valence-corrected chi connectivity index (χ0v) is 15.5. The first-order chi connectivity index (χ1) is 12.2. The molecule has 1 aliphatic heterocycles. The Hall–Kier alpha value is -2.05. The van der Waals surface area contributed by atoms with Gasteiger partial charge in [0.15, 0.2) is 5.96 Å². The van der Waals surface area contributed by atoms with Crippen molar-refractivity contribution in [3.8, 4) is 5.75 Å². The number of benzene rings is 1. The summed E-state index contributed by atoms with van der Waals surface area (Å²) in [5.74, 6) is 1.88. The highest BCUT2D eigenvalue weighted by molar-refractivity contribution is 7.09. The molecule has 134 valence electrons. The van der Waals surface area contributed by atoms with Crippen molar-refractivity contribution in [3.63, 3.8) is 0 Å². The van der Waals surface area contributed by atoms with Gasteiger partial charge < -0.3 is 15.8 Å². The molecule has 0 aliphatic carbocycles. The highest BCUT2D eigenvalue weighted by Crippen LogP contribution is 2.21. The minimum absolute atomic E-state index is 0.467. The lowest BCUT2D eigenvalue weighted by Crippen LogP contribution is -2.34. The standard InChI is InChI=1S/C19H26N4OS/c1-24-17-5-2-4-16(12-17)22-19(20)21-13-15-7-9-23(10-8-15)14-18-6-3-11-25-18/h2-6,11-12,15H,7-10,13-14H2,1H3,(H3,20,21,22). The molecule has 0 radical (unpaired) electrons. The lowest BCUT2D eigenvalue weighted by atomic mass is 9.97. The fourth-order valence-electron chi connectivity index (χ4n) is 3.07. The van der Waals surface area contributed by atoms with Gasteiger partial charge in [-0.05, 0) is 55.4 Å². The van der Waals surface area contributed by atoms with Crippen molar-refractivity contribution < 1.29 is 4.74 Å². The molecule has 0 amide bonds. The molecule has 0 bridgehead atoms. The molecule has 3 rings (SSSR count). The maximum Gasteiger partial charge on any atom is 0.193 e. The Morgan fingerprint density at radius 3 is 2.88 bits per heavy atom. The van der Waals surface area contributed by atoms with E-state index in [-0.39, 0.29) is 0 Å².